The highest BCUT2D eigenvalue weighted by Gasteiger charge is 2.22. The molecule has 0 aliphatic rings. The van der Waals surface area contributed by atoms with Crippen LogP contribution in [0.4, 0.5) is 5.82 Å². The number of nitrogens with two attached hydrogens (primary N) is 1. The minimum Gasteiger partial charge on any atom is -0.383 e. The lowest BCUT2D eigenvalue weighted by Gasteiger charge is -2.13. The van der Waals surface area contributed by atoms with Crippen LogP contribution in [0.1, 0.15) is 51.1 Å². The van der Waals surface area contributed by atoms with E-state index in [9.17, 15) is 0 Å². The summed E-state index contributed by atoms with van der Waals surface area (Å²) < 4.78 is 1.77. The maximum Gasteiger partial charge on any atom is 0.131 e. The fourth-order valence-electron chi connectivity index (χ4n) is 2.60. The number of pyridine rings is 1. The summed E-state index contributed by atoms with van der Waals surface area (Å²) in [6.45, 7) is 4.44. The van der Waals surface area contributed by atoms with Gasteiger partial charge in [0.2, 0.25) is 0 Å². The fraction of sp³-hybridized carbons (Fsp3) is 0.500. The predicted molar refractivity (Wildman–Crippen MR) is 83.4 cm³/mol. The van der Waals surface area contributed by atoms with Gasteiger partial charge in [-0.15, -0.1) is 0 Å². The summed E-state index contributed by atoms with van der Waals surface area (Å²) in [5.74, 6) is 1.16. The Morgan fingerprint density at radius 3 is 2.70 bits per heavy atom. The van der Waals surface area contributed by atoms with Crippen LogP contribution >= 0.6 is 0 Å². The van der Waals surface area contributed by atoms with Crippen LogP contribution in [0.15, 0.2) is 24.4 Å². The van der Waals surface area contributed by atoms with Crippen LogP contribution in [0, 0.1) is 0 Å². The Balaban J connectivity index is 2.45. The normalized spacial score (nSPS) is 12.6. The van der Waals surface area contributed by atoms with Crippen LogP contribution in [0.5, 0.6) is 0 Å². The summed E-state index contributed by atoms with van der Waals surface area (Å²) in [7, 11) is 1.90. The van der Waals surface area contributed by atoms with Gasteiger partial charge in [-0.3, -0.25) is 9.67 Å². The zero-order valence-electron chi connectivity index (χ0n) is 12.6. The Hall–Kier alpha value is -1.84. The van der Waals surface area contributed by atoms with Gasteiger partial charge in [0.25, 0.3) is 0 Å². The number of nitrogens with zero attached hydrogens (tertiary/aromatic N) is 3. The number of nitrogen functional groups attached to an aromatic ring is 1. The molecule has 2 aromatic heterocycles. The smallest absolute Gasteiger partial charge is 0.131 e. The highest BCUT2D eigenvalue weighted by atomic mass is 15.3. The van der Waals surface area contributed by atoms with Crippen LogP contribution < -0.4 is 5.73 Å². The summed E-state index contributed by atoms with van der Waals surface area (Å²) in [5.41, 5.74) is 9.24. The van der Waals surface area contributed by atoms with E-state index in [2.05, 4.69) is 23.9 Å². The molecule has 0 bridgehead atoms. The molecular weight excluding hydrogens is 248 g/mol. The lowest BCUT2D eigenvalue weighted by atomic mass is 9.92. The van der Waals surface area contributed by atoms with E-state index in [1.54, 1.807) is 10.9 Å². The van der Waals surface area contributed by atoms with E-state index >= 15 is 0 Å². The van der Waals surface area contributed by atoms with Crippen molar-refractivity contribution in [1.82, 2.24) is 14.8 Å². The third kappa shape index (κ3) is 2.84. The van der Waals surface area contributed by atoms with Gasteiger partial charge >= 0.3 is 0 Å². The van der Waals surface area contributed by atoms with Gasteiger partial charge in [-0.25, -0.2) is 0 Å². The third-order valence-electron chi connectivity index (χ3n) is 3.83. The van der Waals surface area contributed by atoms with Crippen molar-refractivity contribution in [3.05, 3.63) is 30.1 Å². The summed E-state index contributed by atoms with van der Waals surface area (Å²) in [4.78, 5) is 4.45. The Morgan fingerprint density at radius 2 is 2.10 bits per heavy atom. The van der Waals surface area contributed by atoms with Gasteiger partial charge in [-0.1, -0.05) is 32.8 Å². The van der Waals surface area contributed by atoms with Crippen molar-refractivity contribution in [2.24, 2.45) is 7.05 Å². The molecule has 0 aliphatic heterocycles. The van der Waals surface area contributed by atoms with Crippen LogP contribution in [-0.4, -0.2) is 14.8 Å². The standard InChI is InChI=1S/C16H24N4/c1-4-6-9-12(5-2)15-14(16(17)20(3)19-15)13-10-7-8-11-18-13/h7-8,10-12H,4-6,9,17H2,1-3H3. The zero-order chi connectivity index (χ0) is 14.5. The molecule has 1 atom stereocenters. The predicted octanol–water partition coefficient (Wildman–Crippen LogP) is 3.75. The maximum absolute atomic E-state index is 6.22. The molecule has 0 amide bonds. The van der Waals surface area contributed by atoms with Gasteiger partial charge in [0.1, 0.15) is 5.82 Å². The summed E-state index contributed by atoms with van der Waals surface area (Å²) in [6.07, 6.45) is 6.46. The van der Waals surface area contributed by atoms with Crippen LogP contribution in [0.25, 0.3) is 11.3 Å². The number of hydrogen-bond acceptors (Lipinski definition) is 3. The van der Waals surface area contributed by atoms with Crippen molar-refractivity contribution in [1.29, 1.82) is 0 Å². The Bertz CT molecular complexity index is 545. The molecule has 2 rings (SSSR count). The largest absolute Gasteiger partial charge is 0.383 e. The van der Waals surface area contributed by atoms with Gasteiger partial charge in [-0.2, -0.15) is 5.10 Å². The van der Waals surface area contributed by atoms with Gasteiger partial charge in [0.15, 0.2) is 0 Å². The molecule has 0 radical (unpaired) electrons. The Morgan fingerprint density at radius 1 is 1.30 bits per heavy atom. The zero-order valence-corrected chi connectivity index (χ0v) is 12.6. The molecule has 4 nitrogen and oxygen atoms in total. The molecule has 0 aliphatic carbocycles. The first kappa shape index (κ1) is 14.6. The van der Waals surface area contributed by atoms with Gasteiger partial charge in [-0.05, 0) is 25.0 Å². The van der Waals surface area contributed by atoms with Crippen LogP contribution in [0.2, 0.25) is 0 Å². The molecule has 0 saturated heterocycles. The first-order valence-corrected chi connectivity index (χ1v) is 7.42. The molecule has 0 saturated carbocycles. The second-order valence-electron chi connectivity index (χ2n) is 5.23. The van der Waals surface area contributed by atoms with Crippen molar-refractivity contribution < 1.29 is 0 Å². The molecule has 0 spiro atoms. The Labute approximate surface area is 121 Å². The minimum absolute atomic E-state index is 0.454. The molecule has 108 valence electrons. The van der Waals surface area contributed by atoms with Crippen LogP contribution in [-0.2, 0) is 7.05 Å². The number of anilines is 1. The van der Waals surface area contributed by atoms with Crippen molar-refractivity contribution in [2.75, 3.05) is 5.73 Å². The van der Waals surface area contributed by atoms with Gasteiger partial charge < -0.3 is 5.73 Å². The second kappa shape index (κ2) is 6.55. The van der Waals surface area contributed by atoms with Crippen molar-refractivity contribution in [3.8, 4) is 11.3 Å². The van der Waals surface area contributed by atoms with Crippen molar-refractivity contribution in [3.63, 3.8) is 0 Å². The lowest BCUT2D eigenvalue weighted by Crippen LogP contribution is -2.01. The molecular formula is C16H24N4. The highest BCUT2D eigenvalue weighted by Crippen LogP contribution is 2.35. The average molecular weight is 272 g/mol. The molecule has 0 aromatic carbocycles. The van der Waals surface area contributed by atoms with Crippen molar-refractivity contribution >= 4 is 5.82 Å². The van der Waals surface area contributed by atoms with E-state index < -0.39 is 0 Å². The minimum atomic E-state index is 0.454. The van der Waals surface area contributed by atoms with E-state index in [0.29, 0.717) is 11.7 Å². The van der Waals surface area contributed by atoms with Gasteiger partial charge in [0.05, 0.1) is 17.0 Å². The number of aromatic nitrogens is 3. The average Bonchev–Trinajstić information content (AvgIpc) is 2.77. The number of hydrogen-bond donors (Lipinski definition) is 1. The summed E-state index contributed by atoms with van der Waals surface area (Å²) in [5, 5.41) is 4.66. The van der Waals surface area contributed by atoms with E-state index in [0.717, 1.165) is 29.8 Å². The second-order valence-corrected chi connectivity index (χ2v) is 5.23. The molecule has 1 unspecified atom stereocenters. The number of rotatable bonds is 6. The molecule has 2 N–H and O–H groups in total. The first-order valence-electron chi connectivity index (χ1n) is 7.42. The molecule has 4 heteroatoms. The Kier molecular flexibility index (Phi) is 4.77. The van der Waals surface area contributed by atoms with E-state index in [4.69, 9.17) is 5.73 Å². The monoisotopic (exact) mass is 272 g/mol. The maximum atomic E-state index is 6.22. The van der Waals surface area contributed by atoms with E-state index in [1.807, 2.05) is 25.2 Å². The lowest BCUT2D eigenvalue weighted by molar-refractivity contribution is 0.549. The van der Waals surface area contributed by atoms with Crippen molar-refractivity contribution in [2.45, 2.75) is 45.4 Å². The molecule has 0 fully saturated rings. The first-order chi connectivity index (χ1) is 9.69. The number of unbranched alkanes of at least 4 members (excludes halogenated alkanes) is 1. The number of aryl methyl sites for hydroxylation is 1. The summed E-state index contributed by atoms with van der Waals surface area (Å²) in [6, 6.07) is 5.92. The highest BCUT2D eigenvalue weighted by molar-refractivity contribution is 5.74. The quantitative estimate of drug-likeness (QED) is 0.871. The van der Waals surface area contributed by atoms with E-state index in [1.165, 1.54) is 12.8 Å². The summed E-state index contributed by atoms with van der Waals surface area (Å²) >= 11 is 0. The molecule has 2 aromatic rings. The van der Waals surface area contributed by atoms with Gasteiger partial charge in [0, 0.05) is 19.2 Å². The molecule has 2 heterocycles. The third-order valence-corrected chi connectivity index (χ3v) is 3.83. The van der Waals surface area contributed by atoms with Crippen LogP contribution in [0.3, 0.4) is 0 Å². The molecule has 20 heavy (non-hydrogen) atoms. The SMILES string of the molecule is CCCCC(CC)c1nn(C)c(N)c1-c1ccccn1. The topological polar surface area (TPSA) is 56.7 Å². The fourth-order valence-corrected chi connectivity index (χ4v) is 2.60. The van der Waals surface area contributed by atoms with E-state index in [-0.39, 0.29) is 0 Å².